The second kappa shape index (κ2) is 8.35. The predicted octanol–water partition coefficient (Wildman–Crippen LogP) is 0.382. The fourth-order valence-corrected chi connectivity index (χ4v) is 5.63. The zero-order valence-corrected chi connectivity index (χ0v) is 17.8. The minimum atomic E-state index is -0.540. The molecule has 0 spiro atoms. The number of aromatic amines is 1. The van der Waals surface area contributed by atoms with Crippen LogP contribution < -0.4 is 10.9 Å². The summed E-state index contributed by atoms with van der Waals surface area (Å²) in [7, 11) is 0. The van der Waals surface area contributed by atoms with Gasteiger partial charge < -0.3 is 19.9 Å². The largest absolute Gasteiger partial charge is 0.379 e. The summed E-state index contributed by atoms with van der Waals surface area (Å²) in [6, 6.07) is 0.783. The van der Waals surface area contributed by atoms with E-state index in [-0.39, 0.29) is 29.0 Å². The van der Waals surface area contributed by atoms with Crippen LogP contribution in [0.1, 0.15) is 49.0 Å². The van der Waals surface area contributed by atoms with Crippen LogP contribution in [-0.4, -0.2) is 83.1 Å². The summed E-state index contributed by atoms with van der Waals surface area (Å²) in [4.78, 5) is 48.7. The number of carbonyl (C=O) groups excluding carboxylic acids is 2. The predicted molar refractivity (Wildman–Crippen MR) is 112 cm³/mol. The van der Waals surface area contributed by atoms with E-state index in [1.807, 2.05) is 0 Å². The number of rotatable bonds is 4. The summed E-state index contributed by atoms with van der Waals surface area (Å²) in [5.74, 6) is 0.163. The van der Waals surface area contributed by atoms with Gasteiger partial charge in [0.25, 0.3) is 11.5 Å². The first-order valence-corrected chi connectivity index (χ1v) is 11.5. The van der Waals surface area contributed by atoms with Gasteiger partial charge in [-0.1, -0.05) is 0 Å². The summed E-state index contributed by atoms with van der Waals surface area (Å²) in [5, 5.41) is 3.24. The van der Waals surface area contributed by atoms with Gasteiger partial charge in [0, 0.05) is 44.5 Å². The molecule has 2 saturated carbocycles. The van der Waals surface area contributed by atoms with Crippen molar-refractivity contribution in [3.8, 4) is 0 Å². The maximum absolute atomic E-state index is 13.5. The van der Waals surface area contributed by atoms with Crippen molar-refractivity contribution in [2.24, 2.45) is 11.3 Å². The van der Waals surface area contributed by atoms with Crippen LogP contribution in [0.5, 0.6) is 0 Å². The molecule has 168 valence electrons. The average molecular weight is 430 g/mol. The first-order valence-electron chi connectivity index (χ1n) is 11.5. The molecule has 2 aliphatic carbocycles. The third-order valence-electron chi connectivity index (χ3n) is 7.59. The SMILES string of the molecule is O=C(c1c[nH]c(=O)cn1)N1CC[C@@H]2C[C@@H](N3CCOCC3)CC[C@@]2(C(=O)NC2CC2)C1. The zero-order chi connectivity index (χ0) is 21.4. The van der Waals surface area contributed by atoms with E-state index in [9.17, 15) is 14.4 Å². The van der Waals surface area contributed by atoms with E-state index in [1.54, 1.807) is 4.90 Å². The Balaban J connectivity index is 1.35. The summed E-state index contributed by atoms with van der Waals surface area (Å²) in [6.45, 7) is 4.51. The Morgan fingerprint density at radius 3 is 2.68 bits per heavy atom. The molecule has 1 aromatic rings. The Labute approximate surface area is 181 Å². The smallest absolute Gasteiger partial charge is 0.273 e. The van der Waals surface area contributed by atoms with Crippen LogP contribution in [0.2, 0.25) is 0 Å². The lowest BCUT2D eigenvalue weighted by molar-refractivity contribution is -0.143. The van der Waals surface area contributed by atoms with Crippen LogP contribution in [-0.2, 0) is 9.53 Å². The second-order valence-electron chi connectivity index (χ2n) is 9.49. The van der Waals surface area contributed by atoms with Gasteiger partial charge in [0.05, 0.1) is 24.8 Å². The molecular weight excluding hydrogens is 398 g/mol. The molecular formula is C22H31N5O4. The summed E-state index contributed by atoms with van der Waals surface area (Å²) in [6.07, 6.45) is 8.16. The molecule has 2 saturated heterocycles. The number of hydrogen-bond acceptors (Lipinski definition) is 6. The van der Waals surface area contributed by atoms with Crippen molar-refractivity contribution in [3.63, 3.8) is 0 Å². The molecule has 5 rings (SSSR count). The number of morpholine rings is 1. The summed E-state index contributed by atoms with van der Waals surface area (Å²) in [5.41, 5.74) is -0.656. The number of likely N-dealkylation sites (tertiary alicyclic amines) is 1. The number of amides is 2. The summed E-state index contributed by atoms with van der Waals surface area (Å²) >= 11 is 0. The highest BCUT2D eigenvalue weighted by molar-refractivity contribution is 5.93. The lowest BCUT2D eigenvalue weighted by Crippen LogP contribution is -2.61. The van der Waals surface area contributed by atoms with Gasteiger partial charge in [-0.25, -0.2) is 4.98 Å². The number of fused-ring (bicyclic) bond motifs is 1. The van der Waals surface area contributed by atoms with E-state index in [1.165, 1.54) is 6.20 Å². The van der Waals surface area contributed by atoms with Gasteiger partial charge in [0.2, 0.25) is 5.91 Å². The van der Waals surface area contributed by atoms with Gasteiger partial charge in [-0.05, 0) is 44.4 Å². The van der Waals surface area contributed by atoms with Crippen molar-refractivity contribution in [1.82, 2.24) is 25.1 Å². The van der Waals surface area contributed by atoms with E-state index in [0.29, 0.717) is 25.2 Å². The molecule has 3 heterocycles. The monoisotopic (exact) mass is 429 g/mol. The molecule has 1 aromatic heterocycles. The van der Waals surface area contributed by atoms with Gasteiger partial charge in [0.1, 0.15) is 5.69 Å². The Morgan fingerprint density at radius 1 is 1.16 bits per heavy atom. The highest BCUT2D eigenvalue weighted by atomic mass is 16.5. The highest BCUT2D eigenvalue weighted by Crippen LogP contribution is 2.48. The van der Waals surface area contributed by atoms with Crippen LogP contribution in [0.3, 0.4) is 0 Å². The minimum absolute atomic E-state index is 0.118. The fourth-order valence-electron chi connectivity index (χ4n) is 5.63. The molecule has 4 aliphatic rings. The zero-order valence-electron chi connectivity index (χ0n) is 17.8. The lowest BCUT2D eigenvalue weighted by Gasteiger charge is -2.53. The van der Waals surface area contributed by atoms with Gasteiger partial charge >= 0.3 is 0 Å². The van der Waals surface area contributed by atoms with Gasteiger partial charge in [-0.2, -0.15) is 0 Å². The number of ether oxygens (including phenoxy) is 1. The number of H-pyrrole nitrogens is 1. The van der Waals surface area contributed by atoms with Crippen molar-refractivity contribution in [1.29, 1.82) is 0 Å². The van der Waals surface area contributed by atoms with Crippen molar-refractivity contribution < 1.29 is 14.3 Å². The topological polar surface area (TPSA) is 108 Å². The number of hydrogen-bond donors (Lipinski definition) is 2. The highest BCUT2D eigenvalue weighted by Gasteiger charge is 2.54. The normalized spacial score (nSPS) is 31.7. The van der Waals surface area contributed by atoms with Gasteiger partial charge in [0.15, 0.2) is 0 Å². The van der Waals surface area contributed by atoms with E-state index in [4.69, 9.17) is 4.74 Å². The Morgan fingerprint density at radius 2 is 1.97 bits per heavy atom. The van der Waals surface area contributed by atoms with Crippen LogP contribution in [0, 0.1) is 11.3 Å². The van der Waals surface area contributed by atoms with Crippen molar-refractivity contribution in [3.05, 3.63) is 28.4 Å². The van der Waals surface area contributed by atoms with E-state index >= 15 is 0 Å². The molecule has 2 amide bonds. The molecule has 3 atom stereocenters. The molecule has 2 aliphatic heterocycles. The van der Waals surface area contributed by atoms with Crippen molar-refractivity contribution >= 4 is 11.8 Å². The molecule has 0 aromatic carbocycles. The van der Waals surface area contributed by atoms with E-state index in [0.717, 1.165) is 71.0 Å². The number of carbonyl (C=O) groups is 2. The lowest BCUT2D eigenvalue weighted by atomic mass is 9.60. The maximum atomic E-state index is 13.5. The van der Waals surface area contributed by atoms with Crippen LogP contribution in [0.15, 0.2) is 17.2 Å². The minimum Gasteiger partial charge on any atom is -0.379 e. The maximum Gasteiger partial charge on any atom is 0.273 e. The molecule has 0 unspecified atom stereocenters. The quantitative estimate of drug-likeness (QED) is 0.717. The number of piperidine rings is 1. The molecule has 2 N–H and O–H groups in total. The third-order valence-corrected chi connectivity index (χ3v) is 7.59. The molecule has 0 bridgehead atoms. The number of aromatic nitrogens is 2. The van der Waals surface area contributed by atoms with E-state index in [2.05, 4.69) is 20.2 Å². The van der Waals surface area contributed by atoms with Gasteiger partial charge in [-0.15, -0.1) is 0 Å². The fraction of sp³-hybridized carbons (Fsp3) is 0.727. The average Bonchev–Trinajstić information content (AvgIpc) is 3.63. The first-order chi connectivity index (χ1) is 15.0. The molecule has 9 heteroatoms. The number of nitrogens with one attached hydrogen (secondary N) is 2. The Bertz CT molecular complexity index is 874. The second-order valence-corrected chi connectivity index (χ2v) is 9.49. The van der Waals surface area contributed by atoms with Gasteiger partial charge in [-0.3, -0.25) is 19.3 Å². The van der Waals surface area contributed by atoms with Crippen molar-refractivity contribution in [2.45, 2.75) is 50.6 Å². The number of nitrogens with zero attached hydrogens (tertiary/aromatic N) is 3. The first kappa shape index (κ1) is 20.6. The van der Waals surface area contributed by atoms with E-state index < -0.39 is 5.41 Å². The molecule has 0 radical (unpaired) electrons. The van der Waals surface area contributed by atoms with Crippen LogP contribution >= 0.6 is 0 Å². The Hall–Kier alpha value is -2.26. The summed E-state index contributed by atoms with van der Waals surface area (Å²) < 4.78 is 5.52. The molecule has 31 heavy (non-hydrogen) atoms. The molecule has 4 fully saturated rings. The Kier molecular flexibility index (Phi) is 5.56. The van der Waals surface area contributed by atoms with Crippen molar-refractivity contribution in [2.75, 3.05) is 39.4 Å². The standard InChI is InChI=1S/C22H31N5O4/c28-19-13-23-18(12-24-19)20(29)27-6-4-15-11-17(26-7-9-31-10-8-26)3-5-22(15,14-27)21(30)25-16-1-2-16/h12-13,15-17H,1-11,14H2,(H,24,28)(H,25,30)/t15-,17+,22-/m1/s1. The van der Waals surface area contributed by atoms with Crippen LogP contribution in [0.4, 0.5) is 0 Å². The third kappa shape index (κ3) is 4.13. The molecule has 9 nitrogen and oxygen atoms in total. The van der Waals surface area contributed by atoms with Crippen LogP contribution in [0.25, 0.3) is 0 Å².